The summed E-state index contributed by atoms with van der Waals surface area (Å²) in [6.07, 6.45) is -0.710. The largest absolute Gasteiger partial charge is 0.387 e. The molecular formula is C17H21N5O3. The van der Waals surface area contributed by atoms with Gasteiger partial charge in [-0.25, -0.2) is 4.79 Å². The van der Waals surface area contributed by atoms with Crippen molar-refractivity contribution < 1.29 is 5.11 Å². The number of nitrogens with one attached hydrogen (secondary N) is 1. The van der Waals surface area contributed by atoms with E-state index in [2.05, 4.69) is 10.3 Å². The lowest BCUT2D eigenvalue weighted by atomic mass is 10.1. The zero-order chi connectivity index (χ0) is 18.1. The molecule has 2 N–H and O–H groups in total. The predicted octanol–water partition coefficient (Wildman–Crippen LogP) is 0.599. The zero-order valence-corrected chi connectivity index (χ0v) is 14.4. The van der Waals surface area contributed by atoms with Gasteiger partial charge in [0.25, 0.3) is 5.56 Å². The molecule has 2 aromatic heterocycles. The van der Waals surface area contributed by atoms with E-state index in [1.54, 1.807) is 11.6 Å². The first-order chi connectivity index (χ1) is 12.0. The lowest BCUT2D eigenvalue weighted by molar-refractivity contribution is 0.191. The minimum Gasteiger partial charge on any atom is -0.387 e. The summed E-state index contributed by atoms with van der Waals surface area (Å²) in [5, 5.41) is 13.4. The molecule has 0 bridgehead atoms. The van der Waals surface area contributed by atoms with Gasteiger partial charge in [0, 0.05) is 27.2 Å². The number of nitrogens with zero attached hydrogens (tertiary/aromatic N) is 4. The van der Waals surface area contributed by atoms with Crippen molar-refractivity contribution in [3.8, 4) is 0 Å². The van der Waals surface area contributed by atoms with Gasteiger partial charge in [0.15, 0.2) is 11.2 Å². The number of rotatable bonds is 5. The van der Waals surface area contributed by atoms with E-state index in [9.17, 15) is 14.7 Å². The second-order valence-electron chi connectivity index (χ2n) is 5.87. The second kappa shape index (κ2) is 6.56. The van der Waals surface area contributed by atoms with Gasteiger partial charge in [-0.2, -0.15) is 4.98 Å². The van der Waals surface area contributed by atoms with Crippen LogP contribution in [0.2, 0.25) is 0 Å². The molecule has 0 aliphatic heterocycles. The fourth-order valence-electron chi connectivity index (χ4n) is 2.87. The quantitative estimate of drug-likeness (QED) is 0.707. The maximum atomic E-state index is 12.5. The molecule has 25 heavy (non-hydrogen) atoms. The number of imidazole rings is 1. The van der Waals surface area contributed by atoms with E-state index < -0.39 is 11.8 Å². The van der Waals surface area contributed by atoms with Gasteiger partial charge >= 0.3 is 5.69 Å². The molecular weight excluding hydrogens is 322 g/mol. The molecule has 8 nitrogen and oxygen atoms in total. The molecule has 3 rings (SSSR count). The Labute approximate surface area is 144 Å². The minimum absolute atomic E-state index is 0.238. The maximum absolute atomic E-state index is 12.5. The van der Waals surface area contributed by atoms with Crippen LogP contribution in [0, 0.1) is 0 Å². The van der Waals surface area contributed by atoms with E-state index in [-0.39, 0.29) is 12.1 Å². The number of hydrogen-bond donors (Lipinski definition) is 2. The molecule has 0 aliphatic carbocycles. The molecule has 1 aromatic carbocycles. The number of aryl methyl sites for hydroxylation is 2. The number of benzene rings is 1. The average molecular weight is 343 g/mol. The first-order valence-electron chi connectivity index (χ1n) is 8.08. The number of aliphatic hydroxyl groups excluding tert-OH is 1. The van der Waals surface area contributed by atoms with Gasteiger partial charge in [0.05, 0.1) is 6.10 Å². The summed E-state index contributed by atoms with van der Waals surface area (Å²) in [7, 11) is 3.03. The van der Waals surface area contributed by atoms with E-state index in [4.69, 9.17) is 0 Å². The lowest BCUT2D eigenvalue weighted by Gasteiger charge is -2.13. The summed E-state index contributed by atoms with van der Waals surface area (Å²) in [5.41, 5.74) is 0.672. The van der Waals surface area contributed by atoms with Gasteiger partial charge in [-0.3, -0.25) is 13.9 Å². The Morgan fingerprint density at radius 3 is 2.48 bits per heavy atom. The van der Waals surface area contributed by atoms with Crippen LogP contribution in [-0.2, 0) is 20.6 Å². The summed E-state index contributed by atoms with van der Waals surface area (Å²) in [5.74, 6) is 0.450. The monoisotopic (exact) mass is 343 g/mol. The maximum Gasteiger partial charge on any atom is 0.332 e. The van der Waals surface area contributed by atoms with Gasteiger partial charge in [0.2, 0.25) is 5.95 Å². The molecule has 1 atom stereocenters. The Kier molecular flexibility index (Phi) is 4.45. The minimum atomic E-state index is -0.710. The average Bonchev–Trinajstić information content (AvgIpc) is 3.02. The zero-order valence-electron chi connectivity index (χ0n) is 14.4. The molecule has 0 spiro atoms. The van der Waals surface area contributed by atoms with E-state index in [0.29, 0.717) is 23.7 Å². The SMILES string of the molecule is CCn1c(NC[C@@H](O)c2ccccc2)nc2c1c(=O)n(C)c(=O)n2C. The third-order valence-electron chi connectivity index (χ3n) is 4.30. The topological polar surface area (TPSA) is 94.1 Å². The number of aromatic nitrogens is 4. The lowest BCUT2D eigenvalue weighted by Crippen LogP contribution is -2.37. The molecule has 0 saturated heterocycles. The van der Waals surface area contributed by atoms with Crippen molar-refractivity contribution in [2.75, 3.05) is 11.9 Å². The van der Waals surface area contributed by atoms with Gasteiger partial charge in [-0.1, -0.05) is 30.3 Å². The Morgan fingerprint density at radius 2 is 1.84 bits per heavy atom. The van der Waals surface area contributed by atoms with Gasteiger partial charge in [0.1, 0.15) is 0 Å². The van der Waals surface area contributed by atoms with Crippen LogP contribution in [0.4, 0.5) is 5.95 Å². The van der Waals surface area contributed by atoms with Crippen LogP contribution in [-0.4, -0.2) is 30.3 Å². The fraction of sp³-hybridized carbons (Fsp3) is 0.353. The Hall–Kier alpha value is -2.87. The predicted molar refractivity (Wildman–Crippen MR) is 95.8 cm³/mol. The van der Waals surface area contributed by atoms with E-state index in [1.807, 2.05) is 37.3 Å². The summed E-state index contributed by atoms with van der Waals surface area (Å²) in [6.45, 7) is 2.64. The van der Waals surface area contributed by atoms with E-state index in [0.717, 1.165) is 10.1 Å². The Balaban J connectivity index is 2.00. The van der Waals surface area contributed by atoms with Crippen LogP contribution in [0.25, 0.3) is 11.2 Å². The second-order valence-corrected chi connectivity index (χ2v) is 5.87. The van der Waals surface area contributed by atoms with Crippen molar-refractivity contribution in [1.29, 1.82) is 0 Å². The van der Waals surface area contributed by atoms with Crippen molar-refractivity contribution in [2.24, 2.45) is 14.1 Å². The van der Waals surface area contributed by atoms with Crippen molar-refractivity contribution in [3.05, 3.63) is 56.7 Å². The van der Waals surface area contributed by atoms with Crippen LogP contribution in [0.5, 0.6) is 0 Å². The first-order valence-corrected chi connectivity index (χ1v) is 8.08. The standard InChI is InChI=1S/C17H21N5O3/c1-4-22-13-14(20(2)17(25)21(3)15(13)24)19-16(22)18-10-12(23)11-8-6-5-7-9-11/h5-9,12,23H,4,10H2,1-3H3,(H,18,19)/t12-/m1/s1. The highest BCUT2D eigenvalue weighted by molar-refractivity contribution is 5.74. The summed E-state index contributed by atoms with van der Waals surface area (Å²) >= 11 is 0. The summed E-state index contributed by atoms with van der Waals surface area (Å²) in [6, 6.07) is 9.29. The van der Waals surface area contributed by atoms with Crippen LogP contribution in [0.3, 0.4) is 0 Å². The molecule has 3 aromatic rings. The molecule has 0 unspecified atom stereocenters. The van der Waals surface area contributed by atoms with Gasteiger partial charge < -0.3 is 15.0 Å². The van der Waals surface area contributed by atoms with Crippen LogP contribution in [0.1, 0.15) is 18.6 Å². The van der Waals surface area contributed by atoms with Gasteiger partial charge in [-0.05, 0) is 12.5 Å². The molecule has 132 valence electrons. The van der Waals surface area contributed by atoms with E-state index in [1.165, 1.54) is 11.6 Å². The van der Waals surface area contributed by atoms with E-state index >= 15 is 0 Å². The number of aliphatic hydroxyl groups is 1. The molecule has 8 heteroatoms. The highest BCUT2D eigenvalue weighted by Gasteiger charge is 2.18. The van der Waals surface area contributed by atoms with Crippen LogP contribution < -0.4 is 16.6 Å². The number of fused-ring (bicyclic) bond motifs is 1. The third-order valence-corrected chi connectivity index (χ3v) is 4.30. The van der Waals surface area contributed by atoms with Crippen LogP contribution in [0.15, 0.2) is 39.9 Å². The molecule has 0 saturated carbocycles. The highest BCUT2D eigenvalue weighted by Crippen LogP contribution is 2.17. The molecule has 2 heterocycles. The fourth-order valence-corrected chi connectivity index (χ4v) is 2.87. The highest BCUT2D eigenvalue weighted by atomic mass is 16.3. The Morgan fingerprint density at radius 1 is 1.16 bits per heavy atom. The molecule has 0 fully saturated rings. The summed E-state index contributed by atoms with van der Waals surface area (Å²) < 4.78 is 4.13. The summed E-state index contributed by atoms with van der Waals surface area (Å²) in [4.78, 5) is 28.9. The Bertz CT molecular complexity index is 1020. The smallest absolute Gasteiger partial charge is 0.332 e. The number of hydrogen-bond acceptors (Lipinski definition) is 5. The van der Waals surface area contributed by atoms with Crippen molar-refractivity contribution in [1.82, 2.24) is 18.7 Å². The van der Waals surface area contributed by atoms with Crippen molar-refractivity contribution in [2.45, 2.75) is 19.6 Å². The molecule has 0 radical (unpaired) electrons. The van der Waals surface area contributed by atoms with Crippen molar-refractivity contribution >= 4 is 17.1 Å². The first kappa shape index (κ1) is 17.0. The number of anilines is 1. The van der Waals surface area contributed by atoms with Crippen LogP contribution >= 0.6 is 0 Å². The third kappa shape index (κ3) is 2.85. The molecule has 0 aliphatic rings. The normalized spacial score (nSPS) is 12.5. The molecule has 0 amide bonds. The van der Waals surface area contributed by atoms with Crippen molar-refractivity contribution in [3.63, 3.8) is 0 Å². The van der Waals surface area contributed by atoms with Gasteiger partial charge in [-0.15, -0.1) is 0 Å².